The molecule has 2 aromatic heterocycles. The lowest BCUT2D eigenvalue weighted by atomic mass is 10.1. The highest BCUT2D eigenvalue weighted by molar-refractivity contribution is 7.91. The lowest BCUT2D eigenvalue weighted by Crippen LogP contribution is -2.39. The summed E-state index contributed by atoms with van der Waals surface area (Å²) in [6, 6.07) is 15.2. The number of aromatic nitrogens is 1. The van der Waals surface area contributed by atoms with Crippen molar-refractivity contribution in [2.45, 2.75) is 43.4 Å². The van der Waals surface area contributed by atoms with Crippen LogP contribution in [0.2, 0.25) is 0 Å². The molecule has 3 heterocycles. The summed E-state index contributed by atoms with van der Waals surface area (Å²) in [5.74, 6) is 0. The van der Waals surface area contributed by atoms with Crippen molar-refractivity contribution in [2.24, 2.45) is 0 Å². The Morgan fingerprint density at radius 1 is 1.19 bits per heavy atom. The molecule has 1 aliphatic heterocycles. The van der Waals surface area contributed by atoms with Gasteiger partial charge in [0.05, 0.1) is 0 Å². The van der Waals surface area contributed by atoms with E-state index in [1.807, 2.05) is 56.3 Å². The lowest BCUT2D eigenvalue weighted by Gasteiger charge is -2.24. The fourth-order valence-corrected chi connectivity index (χ4v) is 7.23. The number of anilines is 1. The van der Waals surface area contributed by atoms with Crippen molar-refractivity contribution in [1.82, 2.24) is 9.29 Å². The second kappa shape index (κ2) is 10.2. The maximum Gasteiger partial charge on any atom is 0.252 e. The summed E-state index contributed by atoms with van der Waals surface area (Å²) < 4.78 is 28.8. The summed E-state index contributed by atoms with van der Waals surface area (Å²) in [6.45, 7) is 4.90. The number of pyridine rings is 1. The normalized spacial score (nSPS) is 16.6. The van der Waals surface area contributed by atoms with Crippen LogP contribution < -0.4 is 10.9 Å². The van der Waals surface area contributed by atoms with Crippen LogP contribution in [0.15, 0.2) is 57.5 Å². The van der Waals surface area contributed by atoms with Crippen LogP contribution in [-0.2, 0) is 16.4 Å². The maximum absolute atomic E-state index is 13.4. The van der Waals surface area contributed by atoms with Crippen molar-refractivity contribution >= 4 is 39.5 Å². The minimum Gasteiger partial charge on any atom is -0.383 e. The van der Waals surface area contributed by atoms with Gasteiger partial charge < -0.3 is 10.3 Å². The molecule has 0 amide bonds. The van der Waals surface area contributed by atoms with E-state index in [1.165, 1.54) is 11.3 Å². The zero-order valence-electron chi connectivity index (χ0n) is 18.1. The minimum atomic E-state index is -3.58. The number of nitrogens with one attached hydrogen (secondary N) is 2. The molecule has 1 atom stereocenters. The van der Waals surface area contributed by atoms with Gasteiger partial charge in [-0.05, 0) is 56.5 Å². The third-order valence-corrected chi connectivity index (χ3v) is 9.28. The molecule has 1 aromatic carbocycles. The molecule has 0 radical (unpaired) electrons. The molecule has 1 fully saturated rings. The van der Waals surface area contributed by atoms with E-state index in [0.717, 1.165) is 34.7 Å². The quantitative estimate of drug-likeness (QED) is 0.501. The van der Waals surface area contributed by atoms with Crippen LogP contribution >= 0.6 is 23.7 Å². The van der Waals surface area contributed by atoms with Crippen molar-refractivity contribution in [1.29, 1.82) is 0 Å². The largest absolute Gasteiger partial charge is 0.383 e. The van der Waals surface area contributed by atoms with Gasteiger partial charge in [-0.1, -0.05) is 25.1 Å². The SMILES string of the molecule is CCc1cc(-c2ccc(S(=O)(=O)N3CCC[C@H]3CNc3ccccc3)s2)c(C)[nH]c1=O.Cl. The highest BCUT2D eigenvalue weighted by atomic mass is 35.5. The van der Waals surface area contributed by atoms with Crippen LogP contribution in [0.3, 0.4) is 0 Å². The van der Waals surface area contributed by atoms with Crippen molar-refractivity contribution in [3.05, 3.63) is 70.1 Å². The molecule has 1 saturated heterocycles. The van der Waals surface area contributed by atoms with Gasteiger partial charge in [0.25, 0.3) is 15.6 Å². The van der Waals surface area contributed by atoms with E-state index in [9.17, 15) is 13.2 Å². The summed E-state index contributed by atoms with van der Waals surface area (Å²) in [6.07, 6.45) is 2.33. The van der Waals surface area contributed by atoms with Crippen molar-refractivity contribution in [3.8, 4) is 10.4 Å². The maximum atomic E-state index is 13.4. The van der Waals surface area contributed by atoms with E-state index in [4.69, 9.17) is 0 Å². The molecule has 1 aliphatic rings. The second-order valence-electron chi connectivity index (χ2n) is 7.79. The van der Waals surface area contributed by atoms with Crippen LogP contribution in [0, 0.1) is 6.92 Å². The van der Waals surface area contributed by atoms with Gasteiger partial charge >= 0.3 is 0 Å². The number of halogens is 1. The molecule has 32 heavy (non-hydrogen) atoms. The molecule has 3 aromatic rings. The summed E-state index contributed by atoms with van der Waals surface area (Å²) in [4.78, 5) is 15.8. The Balaban J connectivity index is 0.00000289. The Kier molecular flexibility index (Phi) is 7.82. The predicted octanol–water partition coefficient (Wildman–Crippen LogP) is 4.66. The molecule has 9 heteroatoms. The number of hydrogen-bond donors (Lipinski definition) is 2. The van der Waals surface area contributed by atoms with Gasteiger partial charge in [0.15, 0.2) is 0 Å². The third kappa shape index (κ3) is 4.93. The number of aromatic amines is 1. The molecule has 6 nitrogen and oxygen atoms in total. The highest BCUT2D eigenvalue weighted by Gasteiger charge is 2.36. The number of para-hydroxylation sites is 1. The van der Waals surface area contributed by atoms with Crippen molar-refractivity contribution in [2.75, 3.05) is 18.4 Å². The fourth-order valence-electron chi connectivity index (χ4n) is 4.02. The fraction of sp³-hybridized carbons (Fsp3) is 0.348. The lowest BCUT2D eigenvalue weighted by molar-refractivity contribution is 0.400. The number of benzene rings is 1. The second-order valence-corrected chi connectivity index (χ2v) is 11.0. The monoisotopic (exact) mass is 493 g/mol. The molecule has 2 N–H and O–H groups in total. The molecule has 0 unspecified atom stereocenters. The van der Waals surface area contributed by atoms with Gasteiger partial charge in [0.1, 0.15) is 4.21 Å². The van der Waals surface area contributed by atoms with E-state index < -0.39 is 10.0 Å². The van der Waals surface area contributed by atoms with E-state index in [1.54, 1.807) is 10.4 Å². The Hall–Kier alpha value is -2.13. The van der Waals surface area contributed by atoms with Crippen LogP contribution in [0.4, 0.5) is 5.69 Å². The van der Waals surface area contributed by atoms with Gasteiger partial charge in [-0.25, -0.2) is 8.42 Å². The van der Waals surface area contributed by atoms with Gasteiger partial charge in [0, 0.05) is 46.5 Å². The number of sulfonamides is 1. The van der Waals surface area contributed by atoms with Crippen molar-refractivity contribution < 1.29 is 8.42 Å². The first-order chi connectivity index (χ1) is 14.9. The molecule has 4 rings (SSSR count). The molecule has 0 spiro atoms. The number of H-pyrrole nitrogens is 1. The third-order valence-electron chi connectivity index (χ3n) is 5.74. The smallest absolute Gasteiger partial charge is 0.252 e. The first kappa shape index (κ1) is 24.5. The number of thiophene rings is 1. The average Bonchev–Trinajstić information content (AvgIpc) is 3.44. The summed E-state index contributed by atoms with van der Waals surface area (Å²) in [5.41, 5.74) is 3.24. The highest BCUT2D eigenvalue weighted by Crippen LogP contribution is 2.35. The van der Waals surface area contributed by atoms with Gasteiger partial charge in [-0.3, -0.25) is 4.79 Å². The first-order valence-electron chi connectivity index (χ1n) is 10.5. The Morgan fingerprint density at radius 2 is 1.94 bits per heavy atom. The number of hydrogen-bond acceptors (Lipinski definition) is 5. The van der Waals surface area contributed by atoms with Crippen LogP contribution in [0.1, 0.15) is 31.0 Å². The van der Waals surface area contributed by atoms with E-state index in [-0.39, 0.29) is 24.0 Å². The number of aryl methyl sites for hydroxylation is 2. The predicted molar refractivity (Wildman–Crippen MR) is 134 cm³/mol. The minimum absolute atomic E-state index is 0. The van der Waals surface area contributed by atoms with Gasteiger partial charge in [-0.2, -0.15) is 4.31 Å². The van der Waals surface area contributed by atoms with Crippen LogP contribution in [-0.4, -0.2) is 36.8 Å². The average molecular weight is 494 g/mol. The van der Waals surface area contributed by atoms with Crippen LogP contribution in [0.5, 0.6) is 0 Å². The molecule has 172 valence electrons. The summed E-state index contributed by atoms with van der Waals surface area (Å²) >= 11 is 1.26. The van der Waals surface area contributed by atoms with Crippen molar-refractivity contribution in [3.63, 3.8) is 0 Å². The zero-order chi connectivity index (χ0) is 22.0. The van der Waals surface area contributed by atoms with E-state index in [2.05, 4.69) is 10.3 Å². The molecular formula is C23H28ClN3O3S2. The number of nitrogens with zero attached hydrogens (tertiary/aromatic N) is 1. The molecule has 0 aliphatic carbocycles. The zero-order valence-corrected chi connectivity index (χ0v) is 20.6. The standard InChI is InChI=1S/C23H27N3O3S2.ClH/c1-3-17-14-20(16(2)25-23(17)27)21-11-12-22(30-21)31(28,29)26-13-7-10-19(26)15-24-18-8-5-4-6-9-18;/h4-6,8-9,11-12,14,19,24H,3,7,10,13,15H2,1-2H3,(H,25,27);1H/t19-;/m0./s1. The Morgan fingerprint density at radius 3 is 2.66 bits per heavy atom. The first-order valence-corrected chi connectivity index (χ1v) is 12.8. The molecular weight excluding hydrogens is 466 g/mol. The Bertz CT molecular complexity index is 1220. The Labute approximate surface area is 199 Å². The van der Waals surface area contributed by atoms with E-state index >= 15 is 0 Å². The number of rotatable bonds is 7. The summed E-state index contributed by atoms with van der Waals surface area (Å²) in [7, 11) is -3.58. The van der Waals surface area contributed by atoms with Crippen LogP contribution in [0.25, 0.3) is 10.4 Å². The van der Waals surface area contributed by atoms with Gasteiger partial charge in [-0.15, -0.1) is 23.7 Å². The van der Waals surface area contributed by atoms with Gasteiger partial charge in [0.2, 0.25) is 0 Å². The van der Waals surface area contributed by atoms with E-state index in [0.29, 0.717) is 29.3 Å². The molecule has 0 saturated carbocycles. The summed E-state index contributed by atoms with van der Waals surface area (Å²) in [5, 5.41) is 3.36. The topological polar surface area (TPSA) is 82.3 Å². The molecule has 0 bridgehead atoms.